The monoisotopic (exact) mass is 1350 g/mol. The number of carbonyl (C=O) groups excluding carboxylic acids is 12. The van der Waals surface area contributed by atoms with Gasteiger partial charge in [-0.25, -0.2) is 0 Å². The van der Waals surface area contributed by atoms with Gasteiger partial charge in [0, 0.05) is 59.6 Å². The Labute approximate surface area is 540 Å². The number of hydrogen-bond donors (Lipinski definition) is 17. The quantitative estimate of drug-likeness (QED) is 0.0307. The number of unbranched alkanes of at least 4 members (excludes halogenated alkanes) is 1. The van der Waals surface area contributed by atoms with Gasteiger partial charge in [-0.15, -0.1) is 0 Å². The maximum atomic E-state index is 15.2. The third kappa shape index (κ3) is 22.7. The number of H-pyrrole nitrogens is 1. The molecule has 91 heavy (non-hydrogen) atoms. The second-order valence-electron chi connectivity index (χ2n) is 21.9. The first-order valence-corrected chi connectivity index (χ1v) is 34.6. The van der Waals surface area contributed by atoms with Gasteiger partial charge < -0.3 is 96.2 Å². The predicted octanol–water partition coefficient (Wildman–Crippen LogP) is -4.46. The van der Waals surface area contributed by atoms with E-state index >= 15 is 9.59 Å². The van der Waals surface area contributed by atoms with Gasteiger partial charge in [-0.05, 0) is 49.7 Å². The molecule has 3 aliphatic heterocycles. The predicted molar refractivity (Wildman–Crippen MR) is 342 cm³/mol. The molecule has 0 radical (unpaired) electrons. The number of nitrogens with two attached hydrogens (primary N) is 4. The Bertz CT molecular complexity index is 2980. The topological polar surface area (TPSA) is 518 Å². The number of aliphatic hydroxyl groups excluding tert-OH is 1. The van der Waals surface area contributed by atoms with Gasteiger partial charge in [-0.1, -0.05) is 101 Å². The molecule has 2 bridgehead atoms. The van der Waals surface area contributed by atoms with Gasteiger partial charge in [0.05, 0.1) is 19.6 Å². The molecule has 5 rings (SSSR count). The second-order valence-corrected chi connectivity index (χ2v) is 27.0. The number of amides is 12. The first-order valence-electron chi connectivity index (χ1n) is 29.6. The lowest BCUT2D eigenvalue weighted by atomic mass is 9.96. The summed E-state index contributed by atoms with van der Waals surface area (Å²) < 4.78 is 0. The number of nitrogens with zero attached hydrogens (tertiary/aromatic N) is 2. The fourth-order valence-electron chi connectivity index (χ4n) is 9.83. The normalized spacial score (nSPS) is 26.6. The highest BCUT2D eigenvalue weighted by Gasteiger charge is 2.42. The van der Waals surface area contributed by atoms with Crippen LogP contribution in [-0.2, 0) is 68.7 Å². The number of guanidine groups is 1. The summed E-state index contributed by atoms with van der Waals surface area (Å²) in [5, 5.41) is 47.0. The third-order valence-corrected chi connectivity index (χ3v) is 19.9. The number of fused-ring (bicyclic) bond motifs is 10. The molecule has 0 aliphatic carbocycles. The molecule has 502 valence electrons. The number of para-hydroxylation sites is 1. The summed E-state index contributed by atoms with van der Waals surface area (Å²) in [6.07, 6.45) is 1.79. The summed E-state index contributed by atoms with van der Waals surface area (Å²) in [5.74, 6) is -15.4. The van der Waals surface area contributed by atoms with Crippen LogP contribution in [0.1, 0.15) is 84.1 Å². The molecular formula is C55H83N17O15S4. The van der Waals surface area contributed by atoms with E-state index in [4.69, 9.17) is 22.9 Å². The summed E-state index contributed by atoms with van der Waals surface area (Å²) in [6.45, 7) is 3.38. The fraction of sp³-hybridized carbons (Fsp3) is 0.600. The van der Waals surface area contributed by atoms with E-state index in [1.165, 1.54) is 0 Å². The number of aliphatic carboxylic acids is 1. The molecule has 2 aromatic rings. The van der Waals surface area contributed by atoms with Crippen LogP contribution < -0.4 is 76.1 Å². The van der Waals surface area contributed by atoms with E-state index in [2.05, 4.69) is 63.1 Å². The number of carboxylic acid groups (broad SMARTS) is 1. The third-order valence-electron chi connectivity index (χ3n) is 15.1. The average Bonchev–Trinajstić information content (AvgIpc) is 2.90. The van der Waals surface area contributed by atoms with Crippen molar-refractivity contribution in [3.63, 3.8) is 0 Å². The Morgan fingerprint density at radius 2 is 1.25 bits per heavy atom. The number of aliphatic imine (C=N–C) groups is 1. The van der Waals surface area contributed by atoms with Gasteiger partial charge in [0.2, 0.25) is 70.9 Å². The molecule has 0 saturated carbocycles. The summed E-state index contributed by atoms with van der Waals surface area (Å²) in [6, 6.07) is -9.96. The van der Waals surface area contributed by atoms with Crippen LogP contribution >= 0.6 is 43.2 Å². The highest BCUT2D eigenvalue weighted by atomic mass is 33.1. The van der Waals surface area contributed by atoms with Crippen molar-refractivity contribution in [2.75, 3.05) is 49.3 Å². The lowest BCUT2D eigenvalue weighted by molar-refractivity contribution is -0.146. The molecule has 12 atom stereocenters. The van der Waals surface area contributed by atoms with E-state index < -0.39 is 175 Å². The molecule has 3 fully saturated rings. The SMILES string of the molecule is CCCC[C@@H]1NC(=O)[C@H]([C@@H](C)CC)NC(=O)[C@H](Cc2c[nH]c3ccccc23)NC(=O)[C@@H]2CSSC[C@H](NC(=O)CN)C(=O)N[C@@H](CSSC[C@@H](C(N)=O)NC1=O)C(=O)N[C@@H](CO)C(=O)N[C@@H](CC(=O)O)C(=O)N1CCC[C@H]1C(=O)N[C@@H](CCCN=C(N)N)C(=O)N2. The molecule has 0 spiro atoms. The molecule has 1 aromatic carbocycles. The molecule has 3 aliphatic rings. The molecule has 4 heterocycles. The average molecular weight is 1350 g/mol. The molecule has 12 amide bonds. The van der Waals surface area contributed by atoms with E-state index in [9.17, 15) is 63.0 Å². The van der Waals surface area contributed by atoms with E-state index in [0.29, 0.717) is 35.7 Å². The number of aromatic amines is 1. The summed E-state index contributed by atoms with van der Waals surface area (Å²) in [7, 11) is 3.59. The van der Waals surface area contributed by atoms with Gasteiger partial charge in [-0.2, -0.15) is 0 Å². The Hall–Kier alpha value is -7.54. The molecule has 0 unspecified atom stereocenters. The number of benzene rings is 1. The van der Waals surface area contributed by atoms with Crippen molar-refractivity contribution < 1.29 is 72.5 Å². The zero-order valence-electron chi connectivity index (χ0n) is 50.6. The number of hydrogen-bond acceptors (Lipinski definition) is 20. The standard InChI is InChI=1S/C55H83N17O15S4/c1-4-6-12-31-45(78)68-36(44(57)77)23-88-90-26-39-51(84)67-35(22-73)48(81)66-34(19-42(75)76)54(87)72-17-10-15-40(72)52(85)63-32(14-9-16-60-55(58)59)46(79)69-38(25-91-89-24-37(49(82)70-39)62-41(74)20-56)50(83)65-33(18-28-21-61-30-13-8-7-11-29(28)30)47(80)71-43(27(3)5-2)53(86)64-31/h7-8,11,13,21,27,31-40,43,61,73H,4-6,9-10,12,14-20,22-26,56H2,1-3H3,(H2,57,77)(H,62,74)(H,63,85)(H,64,86)(H,65,83)(H,66,81)(H,67,84)(H,68,78)(H,69,79)(H,70,82)(H,71,80)(H,75,76)(H4,58,59,60)/t27-,31-,32-,33-,34-,35-,36-,37-,38-,39-,40-,43-/m0/s1. The van der Waals surface area contributed by atoms with E-state index in [0.717, 1.165) is 48.1 Å². The first kappa shape index (κ1) is 74.2. The van der Waals surface area contributed by atoms with E-state index in [1.807, 2.05) is 6.92 Å². The van der Waals surface area contributed by atoms with Crippen molar-refractivity contribution in [3.05, 3.63) is 36.0 Å². The Kier molecular flexibility index (Phi) is 30.2. The van der Waals surface area contributed by atoms with Crippen LogP contribution in [0.5, 0.6) is 0 Å². The lowest BCUT2D eigenvalue weighted by Crippen LogP contribution is -2.62. The minimum atomic E-state index is -1.92. The lowest BCUT2D eigenvalue weighted by Gasteiger charge is -2.31. The number of primary amides is 1. The number of aliphatic hydroxyl groups is 1. The number of aromatic nitrogens is 1. The van der Waals surface area contributed by atoms with Crippen LogP contribution in [-0.4, -0.2) is 219 Å². The van der Waals surface area contributed by atoms with Crippen molar-refractivity contribution in [2.45, 2.75) is 151 Å². The minimum absolute atomic E-state index is 0.00526. The highest BCUT2D eigenvalue weighted by Crippen LogP contribution is 2.27. The molecule has 32 nitrogen and oxygen atoms in total. The zero-order chi connectivity index (χ0) is 66.9. The van der Waals surface area contributed by atoms with E-state index in [-0.39, 0.29) is 74.8 Å². The number of carboxylic acids is 1. The summed E-state index contributed by atoms with van der Waals surface area (Å²) in [4.78, 5) is 192. The highest BCUT2D eigenvalue weighted by molar-refractivity contribution is 8.77. The Morgan fingerprint density at radius 3 is 1.88 bits per heavy atom. The Morgan fingerprint density at radius 1 is 0.681 bits per heavy atom. The van der Waals surface area contributed by atoms with Crippen molar-refractivity contribution in [3.8, 4) is 0 Å². The molecule has 21 N–H and O–H groups in total. The minimum Gasteiger partial charge on any atom is -0.481 e. The van der Waals surface area contributed by atoms with Crippen molar-refractivity contribution >= 4 is 137 Å². The number of nitrogens with one attached hydrogen (secondary N) is 11. The number of rotatable bonds is 17. The Balaban J connectivity index is 1.71. The van der Waals surface area contributed by atoms with Crippen molar-refractivity contribution in [2.24, 2.45) is 33.8 Å². The molecule has 1 aromatic heterocycles. The smallest absolute Gasteiger partial charge is 0.305 e. The molecular weight excluding hydrogens is 1270 g/mol. The summed E-state index contributed by atoms with van der Waals surface area (Å²) >= 11 is 0. The maximum absolute atomic E-state index is 15.2. The van der Waals surface area contributed by atoms with Gasteiger partial charge in [0.15, 0.2) is 5.96 Å². The molecule has 3 saturated heterocycles. The van der Waals surface area contributed by atoms with Crippen LogP contribution in [0.25, 0.3) is 10.9 Å². The van der Waals surface area contributed by atoms with Crippen LogP contribution in [0.15, 0.2) is 35.5 Å². The van der Waals surface area contributed by atoms with Crippen LogP contribution in [0.2, 0.25) is 0 Å². The van der Waals surface area contributed by atoms with Gasteiger partial charge in [-0.3, -0.25) is 67.3 Å². The largest absolute Gasteiger partial charge is 0.481 e. The van der Waals surface area contributed by atoms with Crippen LogP contribution in [0.4, 0.5) is 0 Å². The van der Waals surface area contributed by atoms with Gasteiger partial charge >= 0.3 is 5.97 Å². The van der Waals surface area contributed by atoms with Crippen molar-refractivity contribution in [1.82, 2.24) is 63.1 Å². The van der Waals surface area contributed by atoms with Gasteiger partial charge in [0.25, 0.3) is 0 Å². The fourth-order valence-corrected chi connectivity index (χ4v) is 14.5. The second kappa shape index (κ2) is 37.1. The summed E-state index contributed by atoms with van der Waals surface area (Å²) in [5.41, 5.74) is 23.9. The van der Waals surface area contributed by atoms with E-state index in [1.54, 1.807) is 44.3 Å². The molecule has 36 heteroatoms. The maximum Gasteiger partial charge on any atom is 0.305 e. The number of carbonyl (C=O) groups is 13. The zero-order valence-corrected chi connectivity index (χ0v) is 53.8. The van der Waals surface area contributed by atoms with Crippen LogP contribution in [0.3, 0.4) is 0 Å². The van der Waals surface area contributed by atoms with Crippen LogP contribution in [0, 0.1) is 5.92 Å². The first-order chi connectivity index (χ1) is 43.4. The van der Waals surface area contributed by atoms with Gasteiger partial charge in [0.1, 0.15) is 66.5 Å². The van der Waals surface area contributed by atoms with Crippen molar-refractivity contribution in [1.29, 1.82) is 0 Å².